The summed E-state index contributed by atoms with van der Waals surface area (Å²) < 4.78 is 42.1. The van der Waals surface area contributed by atoms with Crippen LogP contribution in [0.25, 0.3) is 0 Å². The van der Waals surface area contributed by atoms with Crippen LogP contribution in [0, 0.1) is 0 Å². The monoisotopic (exact) mass is 554 g/mol. The van der Waals surface area contributed by atoms with Gasteiger partial charge in [-0.2, -0.15) is 13.2 Å². The summed E-state index contributed by atoms with van der Waals surface area (Å²) in [5.74, 6) is -2.31. The summed E-state index contributed by atoms with van der Waals surface area (Å²) >= 11 is 0. The summed E-state index contributed by atoms with van der Waals surface area (Å²) in [6.07, 6.45) is -5.39. The average molecular weight is 555 g/mol. The highest BCUT2D eigenvalue weighted by atomic mass is 19.4. The number of aromatic carboxylic acids is 1. The van der Waals surface area contributed by atoms with Crippen LogP contribution in [0.1, 0.15) is 22.8 Å². The van der Waals surface area contributed by atoms with E-state index in [1.54, 1.807) is 43.2 Å². The molecular formula is C25H29F3N4O7. The zero-order valence-corrected chi connectivity index (χ0v) is 21.3. The van der Waals surface area contributed by atoms with Gasteiger partial charge in [0.15, 0.2) is 5.96 Å². The zero-order chi connectivity index (χ0) is 29.0. The minimum atomic E-state index is -5.08. The average Bonchev–Trinajstić information content (AvgIpc) is 2.91. The van der Waals surface area contributed by atoms with Crippen LogP contribution in [0.15, 0.2) is 53.5 Å². The normalized spacial score (nSPS) is 13.6. The van der Waals surface area contributed by atoms with Crippen LogP contribution in [-0.4, -0.2) is 90.1 Å². The van der Waals surface area contributed by atoms with Crippen molar-refractivity contribution in [3.63, 3.8) is 0 Å². The Kier molecular flexibility index (Phi) is 11.4. The molecule has 0 atom stereocenters. The van der Waals surface area contributed by atoms with E-state index < -0.39 is 18.1 Å². The van der Waals surface area contributed by atoms with E-state index in [0.717, 1.165) is 17.0 Å². The number of hydrogen-bond donors (Lipinski definition) is 3. The lowest BCUT2D eigenvalue weighted by atomic mass is 10.2. The molecule has 0 aromatic heterocycles. The molecule has 2 aromatic rings. The molecule has 11 nitrogen and oxygen atoms in total. The van der Waals surface area contributed by atoms with Crippen molar-refractivity contribution in [3.8, 4) is 5.75 Å². The van der Waals surface area contributed by atoms with Gasteiger partial charge in [0.2, 0.25) is 0 Å². The van der Waals surface area contributed by atoms with Gasteiger partial charge in [-0.15, -0.1) is 0 Å². The molecule has 1 amide bonds. The highest BCUT2D eigenvalue weighted by Gasteiger charge is 2.38. The first-order valence-corrected chi connectivity index (χ1v) is 11.7. The van der Waals surface area contributed by atoms with Gasteiger partial charge in [-0.05, 0) is 48.9 Å². The number of piperazine rings is 1. The van der Waals surface area contributed by atoms with Gasteiger partial charge in [-0.25, -0.2) is 19.4 Å². The van der Waals surface area contributed by atoms with Gasteiger partial charge in [-0.1, -0.05) is 12.1 Å². The second-order valence-corrected chi connectivity index (χ2v) is 7.97. The van der Waals surface area contributed by atoms with Crippen molar-refractivity contribution in [3.05, 3.63) is 59.7 Å². The molecule has 0 bridgehead atoms. The van der Waals surface area contributed by atoms with Gasteiger partial charge >= 0.3 is 24.2 Å². The minimum absolute atomic E-state index is 0.216. The van der Waals surface area contributed by atoms with E-state index in [1.165, 1.54) is 0 Å². The van der Waals surface area contributed by atoms with Crippen molar-refractivity contribution in [1.82, 2.24) is 9.80 Å². The van der Waals surface area contributed by atoms with Crippen molar-refractivity contribution in [1.29, 1.82) is 0 Å². The third-order valence-corrected chi connectivity index (χ3v) is 5.28. The number of ether oxygens (including phenoxy) is 2. The Balaban J connectivity index is 0.000000673. The lowest BCUT2D eigenvalue weighted by molar-refractivity contribution is -0.192. The SMILES string of the molecule is CCOC(=O)N1CCN(C(=NCc2cccc(OC)c2)Nc2ccc(C(=O)O)cc2)CC1.O=C(O)C(F)(F)F. The number of carbonyl (C=O) groups excluding carboxylic acids is 1. The summed E-state index contributed by atoms with van der Waals surface area (Å²) in [4.78, 5) is 40.5. The molecule has 0 unspecified atom stereocenters. The van der Waals surface area contributed by atoms with Gasteiger partial charge in [0.05, 0.1) is 25.8 Å². The number of anilines is 1. The van der Waals surface area contributed by atoms with E-state index in [9.17, 15) is 22.8 Å². The Morgan fingerprint density at radius 3 is 2.10 bits per heavy atom. The summed E-state index contributed by atoms with van der Waals surface area (Å²) in [7, 11) is 1.62. The number of benzene rings is 2. The number of nitrogens with zero attached hydrogens (tertiary/aromatic N) is 3. The fourth-order valence-corrected chi connectivity index (χ4v) is 3.30. The molecule has 3 rings (SSSR count). The predicted octanol–water partition coefficient (Wildman–Crippen LogP) is 3.77. The highest BCUT2D eigenvalue weighted by molar-refractivity contribution is 5.95. The van der Waals surface area contributed by atoms with E-state index in [0.29, 0.717) is 45.3 Å². The third kappa shape index (κ3) is 10.1. The predicted molar refractivity (Wildman–Crippen MR) is 135 cm³/mol. The summed E-state index contributed by atoms with van der Waals surface area (Å²) in [5, 5.41) is 19.5. The number of aliphatic imine (C=N–C) groups is 1. The second kappa shape index (κ2) is 14.4. The van der Waals surface area contributed by atoms with Crippen molar-refractivity contribution in [2.75, 3.05) is 45.2 Å². The van der Waals surface area contributed by atoms with Crippen LogP contribution in [0.5, 0.6) is 5.75 Å². The van der Waals surface area contributed by atoms with Crippen molar-refractivity contribution in [2.45, 2.75) is 19.6 Å². The molecule has 212 valence electrons. The van der Waals surface area contributed by atoms with E-state index >= 15 is 0 Å². The van der Waals surface area contributed by atoms with E-state index in [4.69, 9.17) is 29.5 Å². The Morgan fingerprint density at radius 2 is 1.59 bits per heavy atom. The third-order valence-electron chi connectivity index (χ3n) is 5.28. The number of nitrogens with one attached hydrogen (secondary N) is 1. The fourth-order valence-electron chi connectivity index (χ4n) is 3.30. The number of aliphatic carboxylic acids is 1. The summed E-state index contributed by atoms with van der Waals surface area (Å²) in [5.41, 5.74) is 1.94. The number of amides is 1. The molecule has 3 N–H and O–H groups in total. The molecule has 2 aromatic carbocycles. The van der Waals surface area contributed by atoms with Crippen LogP contribution < -0.4 is 10.1 Å². The molecule has 1 fully saturated rings. The second-order valence-electron chi connectivity index (χ2n) is 7.97. The van der Waals surface area contributed by atoms with E-state index in [1.807, 2.05) is 24.3 Å². The van der Waals surface area contributed by atoms with Crippen LogP contribution in [0.4, 0.5) is 23.7 Å². The maximum atomic E-state index is 12.0. The molecule has 1 heterocycles. The Hall–Kier alpha value is -4.49. The van der Waals surface area contributed by atoms with Crippen molar-refractivity contribution in [2.24, 2.45) is 4.99 Å². The number of carboxylic acids is 2. The Bertz CT molecular complexity index is 1150. The number of carbonyl (C=O) groups is 3. The number of alkyl halides is 3. The molecule has 0 aliphatic carbocycles. The molecule has 0 spiro atoms. The molecule has 0 radical (unpaired) electrons. The smallest absolute Gasteiger partial charge is 0.490 e. The van der Waals surface area contributed by atoms with Crippen molar-refractivity contribution >= 4 is 29.7 Å². The van der Waals surface area contributed by atoms with Gasteiger partial charge in [-0.3, -0.25) is 0 Å². The number of halogens is 3. The van der Waals surface area contributed by atoms with Crippen LogP contribution in [0.3, 0.4) is 0 Å². The largest absolute Gasteiger partial charge is 0.497 e. The van der Waals surface area contributed by atoms with Gasteiger partial charge in [0, 0.05) is 31.9 Å². The van der Waals surface area contributed by atoms with E-state index in [2.05, 4.69) is 10.2 Å². The molecule has 14 heteroatoms. The van der Waals surface area contributed by atoms with Crippen molar-refractivity contribution < 1.29 is 47.2 Å². The number of carboxylic acid groups (broad SMARTS) is 2. The topological polar surface area (TPSA) is 141 Å². The lowest BCUT2D eigenvalue weighted by Gasteiger charge is -2.36. The molecule has 0 saturated carbocycles. The maximum absolute atomic E-state index is 12.0. The van der Waals surface area contributed by atoms with E-state index in [-0.39, 0.29) is 11.7 Å². The summed E-state index contributed by atoms with van der Waals surface area (Å²) in [6.45, 7) is 4.81. The number of guanidine groups is 1. The Labute approximate surface area is 222 Å². The molecule has 1 aliphatic heterocycles. The number of rotatable bonds is 6. The summed E-state index contributed by atoms with van der Waals surface area (Å²) in [6, 6.07) is 14.2. The molecule has 39 heavy (non-hydrogen) atoms. The van der Waals surface area contributed by atoms with Crippen LogP contribution in [0.2, 0.25) is 0 Å². The minimum Gasteiger partial charge on any atom is -0.497 e. The standard InChI is InChI=1S/C23H28N4O5.C2HF3O2/c1-3-32-23(30)27-13-11-26(12-14-27)22(24-16-17-5-4-6-20(15-17)31-2)25-19-9-7-18(8-10-19)21(28)29;3-2(4,5)1(6)7/h4-10,15H,3,11-14,16H2,1-2H3,(H,24,25)(H,28,29);(H,6,7). The number of methoxy groups -OCH3 is 1. The quantitative estimate of drug-likeness (QED) is 0.359. The van der Waals surface area contributed by atoms with Gasteiger partial charge in [0.25, 0.3) is 0 Å². The Morgan fingerprint density at radius 1 is 1.00 bits per heavy atom. The fraction of sp³-hybridized carbons (Fsp3) is 0.360. The van der Waals surface area contributed by atoms with Crippen LogP contribution in [-0.2, 0) is 16.1 Å². The first-order chi connectivity index (χ1) is 18.4. The van der Waals surface area contributed by atoms with Gasteiger partial charge in [0.1, 0.15) is 5.75 Å². The molecule has 1 aliphatic rings. The first-order valence-electron chi connectivity index (χ1n) is 11.7. The maximum Gasteiger partial charge on any atom is 0.490 e. The first kappa shape index (κ1) is 30.7. The number of hydrogen-bond acceptors (Lipinski definition) is 6. The van der Waals surface area contributed by atoms with Gasteiger partial charge < -0.3 is 34.8 Å². The lowest BCUT2D eigenvalue weighted by Crippen LogP contribution is -2.52. The zero-order valence-electron chi connectivity index (χ0n) is 21.3. The molecular weight excluding hydrogens is 525 g/mol. The molecule has 1 saturated heterocycles. The van der Waals surface area contributed by atoms with Crippen LogP contribution >= 0.6 is 0 Å². The highest BCUT2D eigenvalue weighted by Crippen LogP contribution is 2.16.